The van der Waals surface area contributed by atoms with Crippen molar-refractivity contribution in [2.45, 2.75) is 26.4 Å². The van der Waals surface area contributed by atoms with E-state index in [0.29, 0.717) is 12.5 Å². The molecular formula is C13H17N3OS. The third-order valence-corrected chi connectivity index (χ3v) is 3.42. The molecule has 0 aromatic carbocycles. The van der Waals surface area contributed by atoms with E-state index in [1.807, 2.05) is 18.5 Å². The van der Waals surface area contributed by atoms with Crippen LogP contribution in [-0.4, -0.2) is 17.0 Å². The summed E-state index contributed by atoms with van der Waals surface area (Å²) < 4.78 is 5.80. The van der Waals surface area contributed by atoms with Crippen LogP contribution in [0.4, 0.5) is 5.82 Å². The molecule has 0 radical (unpaired) electrons. The standard InChI is InChI=1S/C13H17N3OS/c1-3-5-11-12(14-2)15-9-16-13(11)17-8-10-6-4-7-18-10/h4,6-7,9H,3,5,8H2,1-2H3,(H,14,15,16). The highest BCUT2D eigenvalue weighted by Crippen LogP contribution is 2.24. The second-order valence-corrected chi connectivity index (χ2v) is 4.91. The average molecular weight is 263 g/mol. The van der Waals surface area contributed by atoms with Crippen molar-refractivity contribution in [2.75, 3.05) is 12.4 Å². The quantitative estimate of drug-likeness (QED) is 0.870. The molecule has 1 N–H and O–H groups in total. The molecule has 0 bridgehead atoms. The maximum atomic E-state index is 5.80. The zero-order valence-electron chi connectivity index (χ0n) is 10.6. The van der Waals surface area contributed by atoms with Crippen LogP contribution >= 0.6 is 11.3 Å². The summed E-state index contributed by atoms with van der Waals surface area (Å²) in [5, 5.41) is 5.13. The van der Waals surface area contributed by atoms with Crippen LogP contribution in [0.15, 0.2) is 23.8 Å². The minimum atomic E-state index is 0.564. The van der Waals surface area contributed by atoms with Crippen molar-refractivity contribution >= 4 is 17.2 Å². The van der Waals surface area contributed by atoms with Gasteiger partial charge in [-0.15, -0.1) is 11.3 Å². The molecule has 0 saturated heterocycles. The largest absolute Gasteiger partial charge is 0.472 e. The van der Waals surface area contributed by atoms with Gasteiger partial charge in [-0.2, -0.15) is 0 Å². The van der Waals surface area contributed by atoms with Gasteiger partial charge in [-0.25, -0.2) is 9.97 Å². The SMILES string of the molecule is CCCc1c(NC)ncnc1OCc1cccs1. The lowest BCUT2D eigenvalue weighted by atomic mass is 10.2. The minimum Gasteiger partial charge on any atom is -0.472 e. The van der Waals surface area contributed by atoms with Gasteiger partial charge in [-0.1, -0.05) is 19.4 Å². The van der Waals surface area contributed by atoms with E-state index in [1.54, 1.807) is 11.3 Å². The van der Waals surface area contributed by atoms with E-state index in [0.717, 1.165) is 24.2 Å². The Morgan fingerprint density at radius 2 is 2.28 bits per heavy atom. The Bertz CT molecular complexity index is 485. The highest BCUT2D eigenvalue weighted by atomic mass is 32.1. The van der Waals surface area contributed by atoms with Gasteiger partial charge in [0.1, 0.15) is 18.8 Å². The van der Waals surface area contributed by atoms with Gasteiger partial charge in [0, 0.05) is 11.9 Å². The Labute approximate surface area is 111 Å². The van der Waals surface area contributed by atoms with E-state index in [2.05, 4.69) is 28.3 Å². The zero-order chi connectivity index (χ0) is 12.8. The predicted octanol–water partition coefficient (Wildman–Crippen LogP) is 3.11. The van der Waals surface area contributed by atoms with Gasteiger partial charge in [0.25, 0.3) is 0 Å². The summed E-state index contributed by atoms with van der Waals surface area (Å²) in [7, 11) is 1.87. The Morgan fingerprint density at radius 1 is 1.39 bits per heavy atom. The number of nitrogens with one attached hydrogen (secondary N) is 1. The van der Waals surface area contributed by atoms with E-state index in [-0.39, 0.29) is 0 Å². The number of nitrogens with zero attached hydrogens (tertiary/aromatic N) is 2. The van der Waals surface area contributed by atoms with Gasteiger partial charge >= 0.3 is 0 Å². The summed E-state index contributed by atoms with van der Waals surface area (Å²) in [6.07, 6.45) is 3.49. The Hall–Kier alpha value is -1.62. The fraction of sp³-hybridized carbons (Fsp3) is 0.385. The summed E-state index contributed by atoms with van der Waals surface area (Å²) in [5.41, 5.74) is 1.05. The number of rotatable bonds is 6. The summed E-state index contributed by atoms with van der Waals surface area (Å²) in [4.78, 5) is 9.65. The topological polar surface area (TPSA) is 47.0 Å². The zero-order valence-corrected chi connectivity index (χ0v) is 11.5. The summed E-state index contributed by atoms with van der Waals surface area (Å²) in [6.45, 7) is 2.70. The molecule has 2 aromatic heterocycles. The Kier molecular flexibility index (Phi) is 4.52. The van der Waals surface area contributed by atoms with Crippen LogP contribution < -0.4 is 10.1 Å². The van der Waals surface area contributed by atoms with Crippen molar-refractivity contribution in [3.63, 3.8) is 0 Å². The van der Waals surface area contributed by atoms with Crippen LogP contribution in [-0.2, 0) is 13.0 Å². The van der Waals surface area contributed by atoms with Gasteiger partial charge in [0.05, 0.1) is 5.56 Å². The van der Waals surface area contributed by atoms with Gasteiger partial charge < -0.3 is 10.1 Å². The van der Waals surface area contributed by atoms with Crippen LogP contribution in [0.3, 0.4) is 0 Å². The summed E-state index contributed by atoms with van der Waals surface area (Å²) >= 11 is 1.69. The lowest BCUT2D eigenvalue weighted by molar-refractivity contribution is 0.293. The molecule has 0 fully saturated rings. The maximum absolute atomic E-state index is 5.80. The van der Waals surface area contributed by atoms with Crippen molar-refractivity contribution in [1.29, 1.82) is 0 Å². The first-order chi connectivity index (χ1) is 8.85. The van der Waals surface area contributed by atoms with Gasteiger partial charge in [0.2, 0.25) is 5.88 Å². The molecular weight excluding hydrogens is 246 g/mol. The number of hydrogen-bond donors (Lipinski definition) is 1. The second-order valence-electron chi connectivity index (χ2n) is 3.87. The molecule has 0 spiro atoms. The number of anilines is 1. The van der Waals surface area contributed by atoms with Crippen molar-refractivity contribution in [1.82, 2.24) is 9.97 Å². The first kappa shape index (κ1) is 12.8. The van der Waals surface area contributed by atoms with Crippen LogP contribution in [0.25, 0.3) is 0 Å². The molecule has 0 aliphatic carbocycles. The van der Waals surface area contributed by atoms with E-state index in [4.69, 9.17) is 4.74 Å². The maximum Gasteiger partial charge on any atom is 0.222 e. The van der Waals surface area contributed by atoms with Crippen molar-refractivity contribution in [3.05, 3.63) is 34.3 Å². The third kappa shape index (κ3) is 2.98. The Balaban J connectivity index is 2.15. The van der Waals surface area contributed by atoms with E-state index >= 15 is 0 Å². The van der Waals surface area contributed by atoms with Crippen LogP contribution in [0, 0.1) is 0 Å². The first-order valence-electron chi connectivity index (χ1n) is 6.02. The fourth-order valence-electron chi connectivity index (χ4n) is 1.75. The number of aromatic nitrogens is 2. The van der Waals surface area contributed by atoms with Gasteiger partial charge in [-0.3, -0.25) is 0 Å². The molecule has 18 heavy (non-hydrogen) atoms. The first-order valence-corrected chi connectivity index (χ1v) is 6.90. The molecule has 96 valence electrons. The molecule has 0 aliphatic rings. The molecule has 0 unspecified atom stereocenters. The predicted molar refractivity (Wildman–Crippen MR) is 74.2 cm³/mol. The van der Waals surface area contributed by atoms with Crippen LogP contribution in [0.2, 0.25) is 0 Å². The summed E-state index contributed by atoms with van der Waals surface area (Å²) in [6, 6.07) is 4.08. The van der Waals surface area contributed by atoms with E-state index in [9.17, 15) is 0 Å². The number of ether oxygens (including phenoxy) is 1. The van der Waals surface area contributed by atoms with Crippen LogP contribution in [0.5, 0.6) is 5.88 Å². The van der Waals surface area contributed by atoms with Gasteiger partial charge in [0.15, 0.2) is 0 Å². The Morgan fingerprint density at radius 3 is 2.94 bits per heavy atom. The van der Waals surface area contributed by atoms with Gasteiger partial charge in [-0.05, 0) is 17.9 Å². The van der Waals surface area contributed by atoms with E-state index in [1.165, 1.54) is 11.2 Å². The van der Waals surface area contributed by atoms with Crippen molar-refractivity contribution in [2.24, 2.45) is 0 Å². The lowest BCUT2D eigenvalue weighted by Crippen LogP contribution is -2.05. The molecule has 5 heteroatoms. The molecule has 2 heterocycles. The average Bonchev–Trinajstić information content (AvgIpc) is 2.91. The van der Waals surface area contributed by atoms with Crippen molar-refractivity contribution in [3.8, 4) is 5.88 Å². The highest BCUT2D eigenvalue weighted by molar-refractivity contribution is 7.09. The lowest BCUT2D eigenvalue weighted by Gasteiger charge is -2.12. The molecule has 0 amide bonds. The number of hydrogen-bond acceptors (Lipinski definition) is 5. The fourth-order valence-corrected chi connectivity index (χ4v) is 2.36. The van der Waals surface area contributed by atoms with E-state index < -0.39 is 0 Å². The molecule has 4 nitrogen and oxygen atoms in total. The van der Waals surface area contributed by atoms with Crippen LogP contribution in [0.1, 0.15) is 23.8 Å². The molecule has 2 rings (SSSR count). The smallest absolute Gasteiger partial charge is 0.222 e. The molecule has 0 aliphatic heterocycles. The number of thiophene rings is 1. The minimum absolute atomic E-state index is 0.564. The summed E-state index contributed by atoms with van der Waals surface area (Å²) in [5.74, 6) is 1.54. The normalized spacial score (nSPS) is 10.3. The van der Waals surface area contributed by atoms with Crippen molar-refractivity contribution < 1.29 is 4.74 Å². The second kappa shape index (κ2) is 6.35. The molecule has 0 atom stereocenters. The highest BCUT2D eigenvalue weighted by Gasteiger charge is 2.11. The third-order valence-electron chi connectivity index (χ3n) is 2.57. The molecule has 2 aromatic rings. The monoisotopic (exact) mass is 263 g/mol. The molecule has 0 saturated carbocycles.